The van der Waals surface area contributed by atoms with Gasteiger partial charge in [-0.25, -0.2) is 9.37 Å². The molecule has 1 heterocycles. The van der Waals surface area contributed by atoms with Crippen LogP contribution in [0.4, 0.5) is 4.39 Å². The summed E-state index contributed by atoms with van der Waals surface area (Å²) in [6.07, 6.45) is 2.98. The average Bonchev–Trinajstić information content (AvgIpc) is 3.16. The molecule has 2 aromatic carbocycles. The van der Waals surface area contributed by atoms with Gasteiger partial charge < -0.3 is 5.32 Å². The normalized spacial score (nSPS) is 10.7. The molecule has 0 atom stereocenters. The van der Waals surface area contributed by atoms with Crippen LogP contribution in [0.1, 0.15) is 18.4 Å². The third-order valence-corrected chi connectivity index (χ3v) is 4.83. The summed E-state index contributed by atoms with van der Waals surface area (Å²) in [5, 5.41) is 10.1. The van der Waals surface area contributed by atoms with Crippen molar-refractivity contribution in [2.24, 2.45) is 0 Å². The van der Waals surface area contributed by atoms with Crippen LogP contribution in [-0.4, -0.2) is 33.4 Å². The van der Waals surface area contributed by atoms with Crippen molar-refractivity contribution in [2.75, 3.05) is 12.3 Å². The molecule has 0 aliphatic rings. The summed E-state index contributed by atoms with van der Waals surface area (Å²) < 4.78 is 13.8. The standard InChI is InChI=1S/C20H21FN4OS/c21-17-12-5-4-11-16(17)19-23-20(25-24-19)27-14-18(26)22-13-7-6-10-15-8-2-1-3-9-15/h1-5,8-9,11-12H,6-7,10,13-14H2,(H,22,26)(H,23,24,25). The Morgan fingerprint density at radius 2 is 1.85 bits per heavy atom. The molecule has 27 heavy (non-hydrogen) atoms. The van der Waals surface area contributed by atoms with Gasteiger partial charge in [-0.05, 0) is 37.0 Å². The number of nitrogens with zero attached hydrogens (tertiary/aromatic N) is 2. The molecule has 0 saturated heterocycles. The van der Waals surface area contributed by atoms with Crippen LogP contribution in [0.15, 0.2) is 59.8 Å². The van der Waals surface area contributed by atoms with Crippen LogP contribution in [0, 0.1) is 5.82 Å². The van der Waals surface area contributed by atoms with Gasteiger partial charge >= 0.3 is 0 Å². The maximum Gasteiger partial charge on any atom is 0.230 e. The molecule has 3 aromatic rings. The summed E-state index contributed by atoms with van der Waals surface area (Å²) in [7, 11) is 0. The van der Waals surface area contributed by atoms with Crippen molar-refractivity contribution in [3.63, 3.8) is 0 Å². The SMILES string of the molecule is O=C(CSc1n[nH]c(-c2ccccc2F)n1)NCCCCc1ccccc1. The molecule has 2 N–H and O–H groups in total. The predicted octanol–water partition coefficient (Wildman–Crippen LogP) is 3.84. The van der Waals surface area contributed by atoms with Crippen LogP contribution in [0.3, 0.4) is 0 Å². The number of halogens is 1. The zero-order chi connectivity index (χ0) is 18.9. The highest BCUT2D eigenvalue weighted by molar-refractivity contribution is 7.99. The van der Waals surface area contributed by atoms with E-state index in [1.165, 1.54) is 23.4 Å². The summed E-state index contributed by atoms with van der Waals surface area (Å²) in [5.41, 5.74) is 1.68. The highest BCUT2D eigenvalue weighted by Gasteiger charge is 2.11. The molecule has 7 heteroatoms. The minimum atomic E-state index is -0.363. The average molecular weight is 384 g/mol. The van der Waals surface area contributed by atoms with Crippen molar-refractivity contribution >= 4 is 17.7 Å². The Hall–Kier alpha value is -2.67. The number of rotatable bonds is 9. The zero-order valence-electron chi connectivity index (χ0n) is 14.8. The maximum atomic E-state index is 13.8. The molecule has 0 aliphatic carbocycles. The molecule has 0 radical (unpaired) electrons. The first-order valence-electron chi connectivity index (χ1n) is 8.83. The van der Waals surface area contributed by atoms with Crippen molar-refractivity contribution in [3.8, 4) is 11.4 Å². The number of aromatic amines is 1. The largest absolute Gasteiger partial charge is 0.355 e. The molecule has 0 fully saturated rings. The van der Waals surface area contributed by atoms with Gasteiger partial charge in [0.15, 0.2) is 5.82 Å². The van der Waals surface area contributed by atoms with Crippen LogP contribution in [0.25, 0.3) is 11.4 Å². The van der Waals surface area contributed by atoms with Crippen LogP contribution in [-0.2, 0) is 11.2 Å². The van der Waals surface area contributed by atoms with E-state index in [0.717, 1.165) is 19.3 Å². The molecule has 0 aliphatic heterocycles. The third kappa shape index (κ3) is 5.92. The summed E-state index contributed by atoms with van der Waals surface area (Å²) in [6.45, 7) is 0.653. The second-order valence-corrected chi connectivity index (χ2v) is 6.97. The lowest BCUT2D eigenvalue weighted by Gasteiger charge is -2.04. The fourth-order valence-electron chi connectivity index (χ4n) is 2.59. The molecule has 0 bridgehead atoms. The molecule has 140 valence electrons. The number of aromatic nitrogens is 3. The summed E-state index contributed by atoms with van der Waals surface area (Å²) in [6, 6.07) is 16.7. The van der Waals surface area contributed by atoms with Gasteiger partial charge in [-0.15, -0.1) is 5.10 Å². The first-order valence-corrected chi connectivity index (χ1v) is 9.81. The second-order valence-electron chi connectivity index (χ2n) is 6.03. The van der Waals surface area contributed by atoms with Gasteiger partial charge in [0.1, 0.15) is 5.82 Å². The molecule has 0 spiro atoms. The molecular weight excluding hydrogens is 363 g/mol. The number of nitrogens with one attached hydrogen (secondary N) is 2. The Labute approximate surface area is 161 Å². The van der Waals surface area contributed by atoms with E-state index in [9.17, 15) is 9.18 Å². The number of amides is 1. The van der Waals surface area contributed by atoms with Crippen molar-refractivity contribution in [1.82, 2.24) is 20.5 Å². The number of H-pyrrole nitrogens is 1. The third-order valence-electron chi connectivity index (χ3n) is 3.98. The first kappa shape index (κ1) is 19.1. The minimum Gasteiger partial charge on any atom is -0.355 e. The van der Waals surface area contributed by atoms with Gasteiger partial charge in [-0.2, -0.15) is 0 Å². The number of unbranched alkanes of at least 4 members (excludes halogenated alkanes) is 1. The van der Waals surface area contributed by atoms with Gasteiger partial charge in [-0.1, -0.05) is 54.2 Å². The Balaban J connectivity index is 1.35. The number of hydrogen-bond donors (Lipinski definition) is 2. The van der Waals surface area contributed by atoms with Gasteiger partial charge in [0.2, 0.25) is 11.1 Å². The Morgan fingerprint density at radius 3 is 2.67 bits per heavy atom. The number of carbonyl (C=O) groups excluding carboxylic acids is 1. The van der Waals surface area contributed by atoms with E-state index in [-0.39, 0.29) is 17.5 Å². The molecule has 0 saturated carbocycles. The van der Waals surface area contributed by atoms with Crippen molar-refractivity contribution in [1.29, 1.82) is 0 Å². The molecule has 1 amide bonds. The Kier molecular flexibility index (Phi) is 6.98. The molecular formula is C20H21FN4OS. The van der Waals surface area contributed by atoms with Crippen LogP contribution in [0.5, 0.6) is 0 Å². The predicted molar refractivity (Wildman–Crippen MR) is 105 cm³/mol. The van der Waals surface area contributed by atoms with Crippen LogP contribution < -0.4 is 5.32 Å². The highest BCUT2D eigenvalue weighted by atomic mass is 32.2. The monoisotopic (exact) mass is 384 g/mol. The zero-order valence-corrected chi connectivity index (χ0v) is 15.6. The summed E-state index contributed by atoms with van der Waals surface area (Å²) in [4.78, 5) is 16.2. The minimum absolute atomic E-state index is 0.0584. The quantitative estimate of drug-likeness (QED) is 0.434. The van der Waals surface area contributed by atoms with Gasteiger partial charge in [0.05, 0.1) is 11.3 Å². The first-order chi connectivity index (χ1) is 13.2. The summed E-state index contributed by atoms with van der Waals surface area (Å²) in [5.74, 6) is 0.167. The topological polar surface area (TPSA) is 70.7 Å². The fraction of sp³-hybridized carbons (Fsp3) is 0.250. The van der Waals surface area contributed by atoms with E-state index in [1.54, 1.807) is 18.2 Å². The number of hydrogen-bond acceptors (Lipinski definition) is 4. The lowest BCUT2D eigenvalue weighted by Crippen LogP contribution is -2.26. The second kappa shape index (κ2) is 9.87. The number of benzene rings is 2. The lowest BCUT2D eigenvalue weighted by atomic mass is 10.1. The van der Waals surface area contributed by atoms with Gasteiger partial charge in [0, 0.05) is 6.54 Å². The van der Waals surface area contributed by atoms with E-state index in [0.29, 0.717) is 23.1 Å². The van der Waals surface area contributed by atoms with E-state index in [1.807, 2.05) is 18.2 Å². The molecule has 0 unspecified atom stereocenters. The Morgan fingerprint density at radius 1 is 1.07 bits per heavy atom. The van der Waals surface area contributed by atoms with Crippen molar-refractivity contribution in [2.45, 2.75) is 24.4 Å². The van der Waals surface area contributed by atoms with E-state index in [4.69, 9.17) is 0 Å². The highest BCUT2D eigenvalue weighted by Crippen LogP contribution is 2.21. The van der Waals surface area contributed by atoms with E-state index >= 15 is 0 Å². The van der Waals surface area contributed by atoms with Crippen molar-refractivity contribution in [3.05, 3.63) is 66.0 Å². The van der Waals surface area contributed by atoms with Gasteiger partial charge in [0.25, 0.3) is 0 Å². The lowest BCUT2D eigenvalue weighted by molar-refractivity contribution is -0.118. The molecule has 5 nitrogen and oxygen atoms in total. The fourth-order valence-corrected chi connectivity index (χ4v) is 3.22. The van der Waals surface area contributed by atoms with Gasteiger partial charge in [-0.3, -0.25) is 9.89 Å². The van der Waals surface area contributed by atoms with Crippen LogP contribution in [0.2, 0.25) is 0 Å². The van der Waals surface area contributed by atoms with Crippen LogP contribution >= 0.6 is 11.8 Å². The number of carbonyl (C=O) groups is 1. The molecule has 1 aromatic heterocycles. The number of thioether (sulfide) groups is 1. The van der Waals surface area contributed by atoms with Crippen molar-refractivity contribution < 1.29 is 9.18 Å². The summed E-state index contributed by atoms with van der Waals surface area (Å²) >= 11 is 1.22. The molecule has 3 rings (SSSR count). The Bertz CT molecular complexity index is 869. The smallest absolute Gasteiger partial charge is 0.230 e. The number of aryl methyl sites for hydroxylation is 1. The van der Waals surface area contributed by atoms with E-state index < -0.39 is 0 Å². The maximum absolute atomic E-state index is 13.8. The van der Waals surface area contributed by atoms with E-state index in [2.05, 4.69) is 32.6 Å².